The number of rotatable bonds is 5. The Bertz CT molecular complexity index is 912. The van der Waals surface area contributed by atoms with Gasteiger partial charge in [-0.1, -0.05) is 36.4 Å². The molecule has 2 aromatic carbocycles. The lowest BCUT2D eigenvalue weighted by molar-refractivity contribution is 0.102. The number of nitrogens with one attached hydrogen (secondary N) is 2. The highest BCUT2D eigenvalue weighted by Crippen LogP contribution is 2.19. The Morgan fingerprint density at radius 3 is 2.38 bits per heavy atom. The molecule has 0 radical (unpaired) electrons. The smallest absolute Gasteiger partial charge is 0.274 e. The summed E-state index contributed by atoms with van der Waals surface area (Å²) in [7, 11) is 0. The fourth-order valence-electron chi connectivity index (χ4n) is 2.34. The topological polar surface area (TPSA) is 66.9 Å². The van der Waals surface area contributed by atoms with Crippen LogP contribution in [0.25, 0.3) is 0 Å². The third-order valence-corrected chi connectivity index (χ3v) is 3.58. The molecule has 0 atom stereocenters. The maximum atomic E-state index is 13.7. The van der Waals surface area contributed by atoms with E-state index in [1.165, 1.54) is 12.1 Å². The maximum absolute atomic E-state index is 13.7. The van der Waals surface area contributed by atoms with E-state index in [9.17, 15) is 13.6 Å². The number of anilines is 2. The van der Waals surface area contributed by atoms with Gasteiger partial charge in [-0.05, 0) is 30.7 Å². The molecule has 5 nitrogen and oxygen atoms in total. The summed E-state index contributed by atoms with van der Waals surface area (Å²) in [5.41, 5.74) is 1.08. The van der Waals surface area contributed by atoms with Gasteiger partial charge in [-0.2, -0.15) is 0 Å². The van der Waals surface area contributed by atoms with E-state index in [1.807, 2.05) is 30.3 Å². The second-order valence-electron chi connectivity index (χ2n) is 5.61. The van der Waals surface area contributed by atoms with Gasteiger partial charge in [0.25, 0.3) is 5.91 Å². The van der Waals surface area contributed by atoms with Crippen LogP contribution in [0.1, 0.15) is 21.7 Å². The van der Waals surface area contributed by atoms with Crippen molar-refractivity contribution in [2.24, 2.45) is 0 Å². The first-order chi connectivity index (χ1) is 12.5. The number of aromatic nitrogens is 2. The first-order valence-corrected chi connectivity index (χ1v) is 7.92. The Morgan fingerprint density at radius 2 is 1.69 bits per heavy atom. The predicted octanol–water partition coefficient (Wildman–Crippen LogP) is 3.93. The van der Waals surface area contributed by atoms with Crippen LogP contribution in [0.4, 0.5) is 20.4 Å². The van der Waals surface area contributed by atoms with Crippen LogP contribution in [-0.4, -0.2) is 15.9 Å². The molecule has 7 heteroatoms. The van der Waals surface area contributed by atoms with Gasteiger partial charge in [0.2, 0.25) is 5.95 Å². The van der Waals surface area contributed by atoms with E-state index in [-0.39, 0.29) is 11.6 Å². The number of amides is 1. The van der Waals surface area contributed by atoms with Crippen molar-refractivity contribution in [1.82, 2.24) is 9.97 Å². The molecular formula is C19H16F2N4O. The van der Waals surface area contributed by atoms with Crippen molar-refractivity contribution in [1.29, 1.82) is 0 Å². The van der Waals surface area contributed by atoms with Gasteiger partial charge in [-0.25, -0.2) is 18.7 Å². The quantitative estimate of drug-likeness (QED) is 0.729. The highest BCUT2D eigenvalue weighted by molar-refractivity contribution is 6.03. The molecule has 3 aromatic rings. The van der Waals surface area contributed by atoms with Crippen molar-refractivity contribution in [3.63, 3.8) is 0 Å². The number of para-hydroxylation sites is 1. The van der Waals surface area contributed by atoms with Gasteiger partial charge in [0, 0.05) is 12.2 Å². The van der Waals surface area contributed by atoms with Crippen molar-refractivity contribution in [3.05, 3.63) is 83.2 Å². The van der Waals surface area contributed by atoms with Gasteiger partial charge in [0.15, 0.2) is 0 Å². The molecule has 0 aliphatic heterocycles. The number of carbonyl (C=O) groups is 1. The Kier molecular flexibility index (Phi) is 5.17. The minimum atomic E-state index is -0.855. The summed E-state index contributed by atoms with van der Waals surface area (Å²) in [5.74, 6) is -2.17. The monoisotopic (exact) mass is 354 g/mol. The molecule has 0 bridgehead atoms. The lowest BCUT2D eigenvalue weighted by Gasteiger charge is -2.10. The number of hydrogen-bond donors (Lipinski definition) is 2. The summed E-state index contributed by atoms with van der Waals surface area (Å²) >= 11 is 0. The molecule has 1 heterocycles. The molecule has 3 rings (SSSR count). The molecule has 1 amide bonds. The summed E-state index contributed by atoms with van der Waals surface area (Å²) in [6.45, 7) is 2.18. The van der Waals surface area contributed by atoms with Gasteiger partial charge >= 0.3 is 0 Å². The molecule has 0 saturated heterocycles. The summed E-state index contributed by atoms with van der Waals surface area (Å²) in [5, 5.41) is 5.25. The molecular weight excluding hydrogens is 338 g/mol. The van der Waals surface area contributed by atoms with Crippen molar-refractivity contribution in [2.45, 2.75) is 13.5 Å². The van der Waals surface area contributed by atoms with Crippen molar-refractivity contribution in [3.8, 4) is 0 Å². The molecule has 1 aromatic heterocycles. The number of benzene rings is 2. The van der Waals surface area contributed by atoms with Gasteiger partial charge < -0.3 is 10.6 Å². The molecule has 2 N–H and O–H groups in total. The third-order valence-electron chi connectivity index (χ3n) is 3.58. The summed E-state index contributed by atoms with van der Waals surface area (Å²) in [6.07, 6.45) is 0. The van der Waals surface area contributed by atoms with Crippen molar-refractivity contribution in [2.75, 3.05) is 10.6 Å². The van der Waals surface area contributed by atoms with Gasteiger partial charge in [0.05, 0.1) is 0 Å². The normalized spacial score (nSPS) is 10.4. The second kappa shape index (κ2) is 7.69. The lowest BCUT2D eigenvalue weighted by Crippen LogP contribution is -2.17. The Hall–Kier alpha value is -3.35. The Balaban J connectivity index is 1.77. The van der Waals surface area contributed by atoms with E-state index >= 15 is 0 Å². The van der Waals surface area contributed by atoms with E-state index in [1.54, 1.807) is 6.92 Å². The maximum Gasteiger partial charge on any atom is 0.274 e. The minimum absolute atomic E-state index is 0.00992. The van der Waals surface area contributed by atoms with Crippen LogP contribution in [-0.2, 0) is 6.54 Å². The largest absolute Gasteiger partial charge is 0.350 e. The standard InChI is InChI=1S/C19H16F2N4O/c1-12-10-16(18(26)25-17-14(20)8-5-9-15(17)21)24-19(23-12)22-11-13-6-3-2-4-7-13/h2-10H,11H2,1H3,(H,25,26)(H,22,23,24). The molecule has 132 valence electrons. The SMILES string of the molecule is Cc1cc(C(=O)Nc2c(F)cccc2F)nc(NCc2ccccc2)n1. The molecule has 0 saturated carbocycles. The average molecular weight is 354 g/mol. The second-order valence-corrected chi connectivity index (χ2v) is 5.61. The fourth-order valence-corrected chi connectivity index (χ4v) is 2.34. The first-order valence-electron chi connectivity index (χ1n) is 7.92. The van der Waals surface area contributed by atoms with Crippen LogP contribution in [0, 0.1) is 18.6 Å². The van der Waals surface area contributed by atoms with Crippen LogP contribution in [0.5, 0.6) is 0 Å². The predicted molar refractivity (Wildman–Crippen MR) is 94.8 cm³/mol. The number of halogens is 2. The molecule has 26 heavy (non-hydrogen) atoms. The number of aryl methyl sites for hydroxylation is 1. The van der Waals surface area contributed by atoms with Crippen LogP contribution in [0.2, 0.25) is 0 Å². The highest BCUT2D eigenvalue weighted by atomic mass is 19.1. The highest BCUT2D eigenvalue weighted by Gasteiger charge is 2.15. The van der Waals surface area contributed by atoms with Crippen LogP contribution < -0.4 is 10.6 Å². The van der Waals surface area contributed by atoms with Gasteiger partial charge in [-0.3, -0.25) is 4.79 Å². The first kappa shape index (κ1) is 17.5. The van der Waals surface area contributed by atoms with E-state index in [4.69, 9.17) is 0 Å². The minimum Gasteiger partial charge on any atom is -0.350 e. The summed E-state index contributed by atoms with van der Waals surface area (Å²) in [6, 6.07) is 14.4. The zero-order valence-electron chi connectivity index (χ0n) is 14.0. The number of nitrogens with zero attached hydrogens (tertiary/aromatic N) is 2. The summed E-state index contributed by atoms with van der Waals surface area (Å²) < 4.78 is 27.4. The molecule has 0 fully saturated rings. The van der Waals surface area contributed by atoms with E-state index < -0.39 is 23.2 Å². The molecule has 0 unspecified atom stereocenters. The lowest BCUT2D eigenvalue weighted by atomic mass is 10.2. The molecule has 0 aliphatic carbocycles. The van der Waals surface area contributed by atoms with Crippen LogP contribution in [0.15, 0.2) is 54.6 Å². The van der Waals surface area contributed by atoms with Crippen LogP contribution in [0.3, 0.4) is 0 Å². The Labute approximate surface area is 149 Å². The number of hydrogen-bond acceptors (Lipinski definition) is 4. The van der Waals surface area contributed by atoms with E-state index in [0.29, 0.717) is 12.2 Å². The summed E-state index contributed by atoms with van der Waals surface area (Å²) in [4.78, 5) is 20.7. The van der Waals surface area contributed by atoms with E-state index in [0.717, 1.165) is 17.7 Å². The van der Waals surface area contributed by atoms with E-state index in [2.05, 4.69) is 20.6 Å². The molecule has 0 spiro atoms. The zero-order chi connectivity index (χ0) is 18.5. The van der Waals surface area contributed by atoms with Gasteiger partial charge in [0.1, 0.15) is 23.0 Å². The Morgan fingerprint density at radius 1 is 1.00 bits per heavy atom. The average Bonchev–Trinajstić information content (AvgIpc) is 2.63. The number of carbonyl (C=O) groups excluding carboxylic acids is 1. The molecule has 0 aliphatic rings. The van der Waals surface area contributed by atoms with Crippen molar-refractivity contribution >= 4 is 17.5 Å². The third kappa shape index (κ3) is 4.18. The van der Waals surface area contributed by atoms with Crippen LogP contribution >= 0.6 is 0 Å². The van der Waals surface area contributed by atoms with Crippen molar-refractivity contribution < 1.29 is 13.6 Å². The fraction of sp³-hybridized carbons (Fsp3) is 0.105. The zero-order valence-corrected chi connectivity index (χ0v) is 14.0. The van der Waals surface area contributed by atoms with Gasteiger partial charge in [-0.15, -0.1) is 0 Å².